The van der Waals surface area contributed by atoms with Crippen LogP contribution in [-0.4, -0.2) is 18.8 Å². The molecule has 0 saturated carbocycles. The molecule has 2 aromatic carbocycles. The van der Waals surface area contributed by atoms with Crippen LogP contribution in [0.1, 0.15) is 11.1 Å². The van der Waals surface area contributed by atoms with Crippen molar-refractivity contribution in [1.82, 2.24) is 0 Å². The molecule has 2 N–H and O–H groups in total. The zero-order valence-electron chi connectivity index (χ0n) is 11.3. The molecular weight excluding hydrogens is 252 g/mol. The van der Waals surface area contributed by atoms with Crippen LogP contribution >= 0.6 is 0 Å². The third-order valence-corrected chi connectivity index (χ3v) is 3.01. The van der Waals surface area contributed by atoms with Gasteiger partial charge in [0.15, 0.2) is 0 Å². The van der Waals surface area contributed by atoms with E-state index in [9.17, 15) is 5.11 Å². The first-order valence-corrected chi connectivity index (χ1v) is 6.33. The van der Waals surface area contributed by atoms with E-state index in [4.69, 9.17) is 10.00 Å². The van der Waals surface area contributed by atoms with Crippen LogP contribution in [0.3, 0.4) is 0 Å². The molecule has 0 aromatic heterocycles. The quantitative estimate of drug-likeness (QED) is 0.875. The van der Waals surface area contributed by atoms with Crippen LogP contribution in [0.15, 0.2) is 42.5 Å². The maximum absolute atomic E-state index is 9.22. The number of nitrogens with one attached hydrogen (secondary N) is 1. The summed E-state index contributed by atoms with van der Waals surface area (Å²) in [5.41, 5.74) is 2.49. The molecule has 0 heterocycles. The van der Waals surface area contributed by atoms with Gasteiger partial charge in [-0.2, -0.15) is 5.26 Å². The average molecular weight is 268 g/mol. The summed E-state index contributed by atoms with van der Waals surface area (Å²) in [7, 11) is 1.60. The molecule has 20 heavy (non-hydrogen) atoms. The summed E-state index contributed by atoms with van der Waals surface area (Å²) in [6.45, 7) is 0.701. The van der Waals surface area contributed by atoms with E-state index in [2.05, 4.69) is 11.4 Å². The molecule has 2 aromatic rings. The fourth-order valence-electron chi connectivity index (χ4n) is 1.90. The fourth-order valence-corrected chi connectivity index (χ4v) is 1.90. The Hall–Kier alpha value is -2.67. The van der Waals surface area contributed by atoms with Crippen LogP contribution < -0.4 is 10.1 Å². The lowest BCUT2D eigenvalue weighted by Crippen LogP contribution is -2.06. The molecule has 102 valence electrons. The van der Waals surface area contributed by atoms with Gasteiger partial charge in [-0.05, 0) is 36.2 Å². The molecule has 4 nitrogen and oxygen atoms in total. The highest BCUT2D eigenvalue weighted by atomic mass is 16.5. The predicted molar refractivity (Wildman–Crippen MR) is 78.0 cm³/mol. The van der Waals surface area contributed by atoms with Crippen LogP contribution in [0.2, 0.25) is 0 Å². The van der Waals surface area contributed by atoms with Gasteiger partial charge < -0.3 is 15.2 Å². The Labute approximate surface area is 118 Å². The van der Waals surface area contributed by atoms with Crippen molar-refractivity contribution in [2.45, 2.75) is 6.42 Å². The Bertz CT molecular complexity index is 615. The number of aromatic hydroxyl groups is 1. The molecule has 0 spiro atoms. The minimum absolute atomic E-state index is 0.265. The minimum atomic E-state index is 0.265. The van der Waals surface area contributed by atoms with Crippen molar-refractivity contribution >= 4 is 5.69 Å². The van der Waals surface area contributed by atoms with E-state index in [0.717, 1.165) is 23.4 Å². The molecule has 2 rings (SSSR count). The second-order valence-corrected chi connectivity index (χ2v) is 4.37. The van der Waals surface area contributed by atoms with Gasteiger partial charge in [0.1, 0.15) is 17.6 Å². The van der Waals surface area contributed by atoms with Crippen LogP contribution in [0, 0.1) is 11.3 Å². The van der Waals surface area contributed by atoms with Crippen molar-refractivity contribution in [3.05, 3.63) is 53.6 Å². The average Bonchev–Trinajstić information content (AvgIpc) is 2.49. The lowest BCUT2D eigenvalue weighted by molar-refractivity contribution is 0.415. The molecule has 0 fully saturated rings. The number of nitriles is 1. The SMILES string of the molecule is COc1ccc(C#N)c(NCCc2ccc(O)cc2)c1. The van der Waals surface area contributed by atoms with Gasteiger partial charge >= 0.3 is 0 Å². The lowest BCUT2D eigenvalue weighted by atomic mass is 10.1. The Morgan fingerprint density at radius 1 is 1.20 bits per heavy atom. The van der Waals surface area contributed by atoms with Crippen molar-refractivity contribution in [1.29, 1.82) is 5.26 Å². The standard InChI is InChI=1S/C16H16N2O2/c1-20-15-7-4-13(11-17)16(10-15)18-9-8-12-2-5-14(19)6-3-12/h2-7,10,18-19H,8-9H2,1H3. The van der Waals surface area contributed by atoms with E-state index >= 15 is 0 Å². The summed E-state index contributed by atoms with van der Waals surface area (Å²) >= 11 is 0. The molecule has 0 aliphatic carbocycles. The maximum atomic E-state index is 9.22. The van der Waals surface area contributed by atoms with E-state index in [1.165, 1.54) is 0 Å². The van der Waals surface area contributed by atoms with E-state index in [0.29, 0.717) is 12.1 Å². The smallest absolute Gasteiger partial charge is 0.121 e. The monoisotopic (exact) mass is 268 g/mol. The van der Waals surface area contributed by atoms with Gasteiger partial charge in [0.05, 0.1) is 18.4 Å². The summed E-state index contributed by atoms with van der Waals surface area (Å²) in [6, 6.07) is 14.6. The Kier molecular flexibility index (Phi) is 4.46. The highest BCUT2D eigenvalue weighted by molar-refractivity contribution is 5.60. The number of phenols is 1. The predicted octanol–water partition coefficient (Wildman–Crippen LogP) is 2.93. The Morgan fingerprint density at radius 2 is 1.95 bits per heavy atom. The van der Waals surface area contributed by atoms with Gasteiger partial charge in [-0.25, -0.2) is 0 Å². The summed E-state index contributed by atoms with van der Waals surface area (Å²) in [5, 5.41) is 21.5. The first kappa shape index (κ1) is 13.8. The summed E-state index contributed by atoms with van der Waals surface area (Å²) < 4.78 is 5.15. The van der Waals surface area contributed by atoms with Gasteiger partial charge in [0.2, 0.25) is 0 Å². The number of anilines is 1. The minimum Gasteiger partial charge on any atom is -0.508 e. The van der Waals surface area contributed by atoms with Crippen molar-refractivity contribution < 1.29 is 9.84 Å². The topological polar surface area (TPSA) is 65.3 Å². The molecule has 0 saturated heterocycles. The third-order valence-electron chi connectivity index (χ3n) is 3.01. The third kappa shape index (κ3) is 3.42. The van der Waals surface area contributed by atoms with Gasteiger partial charge in [-0.1, -0.05) is 12.1 Å². The normalized spacial score (nSPS) is 9.80. The first-order chi connectivity index (χ1) is 9.72. The molecule has 0 aliphatic rings. The van der Waals surface area contributed by atoms with Crippen LogP contribution in [0.4, 0.5) is 5.69 Å². The van der Waals surface area contributed by atoms with Crippen molar-refractivity contribution in [3.63, 3.8) is 0 Å². The van der Waals surface area contributed by atoms with E-state index in [1.807, 2.05) is 18.2 Å². The van der Waals surface area contributed by atoms with Crippen molar-refractivity contribution in [3.8, 4) is 17.6 Å². The number of benzene rings is 2. The van der Waals surface area contributed by atoms with E-state index < -0.39 is 0 Å². The second-order valence-electron chi connectivity index (χ2n) is 4.37. The molecule has 4 heteroatoms. The van der Waals surface area contributed by atoms with Crippen LogP contribution in [0.25, 0.3) is 0 Å². The highest BCUT2D eigenvalue weighted by Crippen LogP contribution is 2.22. The van der Waals surface area contributed by atoms with Crippen LogP contribution in [-0.2, 0) is 6.42 Å². The number of phenolic OH excluding ortho intramolecular Hbond substituents is 1. The molecule has 0 amide bonds. The van der Waals surface area contributed by atoms with E-state index in [1.54, 1.807) is 31.4 Å². The number of hydrogen-bond acceptors (Lipinski definition) is 4. The molecule has 0 atom stereocenters. The van der Waals surface area contributed by atoms with Crippen molar-refractivity contribution in [2.75, 3.05) is 19.0 Å². The zero-order chi connectivity index (χ0) is 14.4. The van der Waals surface area contributed by atoms with Crippen LogP contribution in [0.5, 0.6) is 11.5 Å². The van der Waals surface area contributed by atoms with Gasteiger partial charge in [-0.15, -0.1) is 0 Å². The van der Waals surface area contributed by atoms with Crippen molar-refractivity contribution in [2.24, 2.45) is 0 Å². The van der Waals surface area contributed by atoms with Gasteiger partial charge in [0, 0.05) is 12.6 Å². The number of ether oxygens (including phenoxy) is 1. The zero-order valence-corrected chi connectivity index (χ0v) is 11.3. The second kappa shape index (κ2) is 6.48. The number of hydrogen-bond donors (Lipinski definition) is 2. The van der Waals surface area contributed by atoms with Gasteiger partial charge in [0.25, 0.3) is 0 Å². The molecule has 0 radical (unpaired) electrons. The first-order valence-electron chi connectivity index (χ1n) is 6.33. The number of nitrogens with zero attached hydrogens (tertiary/aromatic N) is 1. The summed E-state index contributed by atoms with van der Waals surface area (Å²) in [5.74, 6) is 0.984. The Morgan fingerprint density at radius 3 is 2.60 bits per heavy atom. The molecule has 0 aliphatic heterocycles. The highest BCUT2D eigenvalue weighted by Gasteiger charge is 2.03. The number of rotatable bonds is 5. The van der Waals surface area contributed by atoms with Gasteiger partial charge in [-0.3, -0.25) is 0 Å². The fraction of sp³-hybridized carbons (Fsp3) is 0.188. The largest absolute Gasteiger partial charge is 0.508 e. The Balaban J connectivity index is 2.00. The summed E-state index contributed by atoms with van der Waals surface area (Å²) in [4.78, 5) is 0. The lowest BCUT2D eigenvalue weighted by Gasteiger charge is -2.10. The van der Waals surface area contributed by atoms with E-state index in [-0.39, 0.29) is 5.75 Å². The molecule has 0 unspecified atom stereocenters. The number of methoxy groups -OCH3 is 1. The summed E-state index contributed by atoms with van der Waals surface area (Å²) in [6.07, 6.45) is 0.808. The maximum Gasteiger partial charge on any atom is 0.121 e. The molecular formula is C16H16N2O2. The molecule has 0 bridgehead atoms.